The second-order valence-electron chi connectivity index (χ2n) is 6.85. The summed E-state index contributed by atoms with van der Waals surface area (Å²) in [7, 11) is 0. The SMILES string of the molecule is CC(=O)OC(C(=O)Nc1n[nH]c2cc(-c3ccc(Cl)c(Cl)c3)ccc12)c1ccccc1. The molecule has 1 unspecified atom stereocenters. The molecule has 156 valence electrons. The van der Waals surface area contributed by atoms with Gasteiger partial charge in [0.1, 0.15) is 0 Å². The van der Waals surface area contributed by atoms with Crippen LogP contribution in [0.25, 0.3) is 22.0 Å². The van der Waals surface area contributed by atoms with Crippen molar-refractivity contribution in [3.8, 4) is 11.1 Å². The van der Waals surface area contributed by atoms with Gasteiger partial charge >= 0.3 is 5.97 Å². The van der Waals surface area contributed by atoms with Gasteiger partial charge in [-0.25, -0.2) is 0 Å². The van der Waals surface area contributed by atoms with Gasteiger partial charge < -0.3 is 10.1 Å². The minimum atomic E-state index is -1.08. The molecule has 6 nitrogen and oxygen atoms in total. The number of nitrogens with one attached hydrogen (secondary N) is 2. The third-order valence-electron chi connectivity index (χ3n) is 4.68. The molecule has 0 saturated carbocycles. The molecule has 0 spiro atoms. The Morgan fingerprint density at radius 2 is 1.68 bits per heavy atom. The summed E-state index contributed by atoms with van der Waals surface area (Å²) in [6, 6.07) is 19.8. The molecular weight excluding hydrogens is 437 g/mol. The first-order valence-corrected chi connectivity index (χ1v) is 10.1. The molecular formula is C23H17Cl2N3O3. The smallest absolute Gasteiger partial charge is 0.303 e. The maximum atomic E-state index is 12.9. The van der Waals surface area contributed by atoms with Crippen LogP contribution in [0.1, 0.15) is 18.6 Å². The van der Waals surface area contributed by atoms with E-state index in [2.05, 4.69) is 15.5 Å². The molecule has 0 aliphatic rings. The number of hydrogen-bond acceptors (Lipinski definition) is 4. The molecule has 4 rings (SSSR count). The lowest BCUT2D eigenvalue weighted by molar-refractivity contribution is -0.152. The molecule has 1 aromatic heterocycles. The van der Waals surface area contributed by atoms with Gasteiger partial charge in [0.2, 0.25) is 6.10 Å². The first kappa shape index (κ1) is 20.9. The lowest BCUT2D eigenvalue weighted by Crippen LogP contribution is -2.25. The van der Waals surface area contributed by atoms with Gasteiger partial charge in [0.15, 0.2) is 5.82 Å². The highest BCUT2D eigenvalue weighted by atomic mass is 35.5. The monoisotopic (exact) mass is 453 g/mol. The second-order valence-corrected chi connectivity index (χ2v) is 7.67. The number of esters is 1. The number of benzene rings is 3. The Bertz CT molecular complexity index is 1270. The predicted molar refractivity (Wildman–Crippen MR) is 121 cm³/mol. The molecule has 0 aliphatic carbocycles. The maximum Gasteiger partial charge on any atom is 0.303 e. The van der Waals surface area contributed by atoms with Crippen LogP contribution in [0.3, 0.4) is 0 Å². The Hall–Kier alpha value is -3.35. The number of rotatable bonds is 5. The Morgan fingerprint density at radius 1 is 0.968 bits per heavy atom. The van der Waals surface area contributed by atoms with Crippen molar-refractivity contribution < 1.29 is 14.3 Å². The van der Waals surface area contributed by atoms with Crippen molar-refractivity contribution in [3.05, 3.63) is 82.3 Å². The highest BCUT2D eigenvalue weighted by Gasteiger charge is 2.25. The summed E-state index contributed by atoms with van der Waals surface area (Å²) in [5, 5.41) is 11.5. The van der Waals surface area contributed by atoms with Gasteiger partial charge in [0.05, 0.1) is 15.6 Å². The summed E-state index contributed by atoms with van der Waals surface area (Å²) in [6.07, 6.45) is -1.08. The van der Waals surface area contributed by atoms with E-state index in [1.807, 2.05) is 30.3 Å². The zero-order valence-electron chi connectivity index (χ0n) is 16.4. The van der Waals surface area contributed by atoms with E-state index in [4.69, 9.17) is 27.9 Å². The molecule has 0 bridgehead atoms. The van der Waals surface area contributed by atoms with E-state index in [0.29, 0.717) is 26.8 Å². The lowest BCUT2D eigenvalue weighted by Gasteiger charge is -2.16. The zero-order chi connectivity index (χ0) is 22.0. The average molecular weight is 454 g/mol. The second kappa shape index (κ2) is 8.79. The van der Waals surface area contributed by atoms with Crippen molar-refractivity contribution in [1.29, 1.82) is 0 Å². The standard InChI is InChI=1S/C23H17Cl2N3O3/c1-13(29)31-21(14-5-3-2-4-6-14)23(30)26-22-17-9-7-16(12-20(17)27-28-22)15-8-10-18(24)19(25)11-15/h2-12,21H,1H3,(H2,26,27,28,30). The molecule has 0 aliphatic heterocycles. The van der Waals surface area contributed by atoms with Crippen molar-refractivity contribution in [2.75, 3.05) is 5.32 Å². The van der Waals surface area contributed by atoms with Crippen molar-refractivity contribution in [1.82, 2.24) is 10.2 Å². The van der Waals surface area contributed by atoms with E-state index in [1.54, 1.807) is 36.4 Å². The van der Waals surface area contributed by atoms with Crippen LogP contribution in [0, 0.1) is 0 Å². The molecule has 0 saturated heterocycles. The number of nitrogens with zero attached hydrogens (tertiary/aromatic N) is 1. The third kappa shape index (κ3) is 4.55. The van der Waals surface area contributed by atoms with Gasteiger partial charge in [-0.05, 0) is 35.4 Å². The fourth-order valence-corrected chi connectivity index (χ4v) is 3.52. The number of ether oxygens (including phenoxy) is 1. The minimum absolute atomic E-state index is 0.341. The van der Waals surface area contributed by atoms with Crippen LogP contribution in [0.15, 0.2) is 66.7 Å². The van der Waals surface area contributed by atoms with Crippen LogP contribution in [0.4, 0.5) is 5.82 Å². The molecule has 0 fully saturated rings. The predicted octanol–water partition coefficient (Wildman–Crippen LogP) is 5.78. The van der Waals surface area contributed by atoms with E-state index in [9.17, 15) is 9.59 Å². The average Bonchev–Trinajstić information content (AvgIpc) is 3.16. The Balaban J connectivity index is 1.61. The highest BCUT2D eigenvalue weighted by Crippen LogP contribution is 2.31. The van der Waals surface area contributed by atoms with Crippen LogP contribution < -0.4 is 5.32 Å². The summed E-state index contributed by atoms with van der Waals surface area (Å²) in [5.41, 5.74) is 3.10. The summed E-state index contributed by atoms with van der Waals surface area (Å²) in [6.45, 7) is 1.26. The number of carbonyl (C=O) groups is 2. The van der Waals surface area contributed by atoms with Crippen LogP contribution in [0.5, 0.6) is 0 Å². The number of anilines is 1. The lowest BCUT2D eigenvalue weighted by atomic mass is 10.0. The normalized spacial score (nSPS) is 11.8. The van der Waals surface area contributed by atoms with Gasteiger partial charge in [-0.3, -0.25) is 14.7 Å². The Morgan fingerprint density at radius 3 is 2.39 bits per heavy atom. The highest BCUT2D eigenvalue weighted by molar-refractivity contribution is 6.42. The molecule has 1 heterocycles. The maximum absolute atomic E-state index is 12.9. The number of carbonyl (C=O) groups excluding carboxylic acids is 2. The van der Waals surface area contributed by atoms with E-state index in [0.717, 1.165) is 16.6 Å². The van der Waals surface area contributed by atoms with Crippen LogP contribution in [0.2, 0.25) is 10.0 Å². The minimum Gasteiger partial charge on any atom is -0.447 e. The van der Waals surface area contributed by atoms with E-state index in [1.165, 1.54) is 6.92 Å². The number of amides is 1. The van der Waals surface area contributed by atoms with Gasteiger partial charge in [-0.15, -0.1) is 0 Å². The molecule has 1 amide bonds. The molecule has 1 atom stereocenters. The quantitative estimate of drug-likeness (QED) is 0.375. The van der Waals surface area contributed by atoms with Crippen molar-refractivity contribution in [3.63, 3.8) is 0 Å². The van der Waals surface area contributed by atoms with Crippen molar-refractivity contribution in [2.24, 2.45) is 0 Å². The number of H-pyrrole nitrogens is 1. The van der Waals surface area contributed by atoms with Gasteiger partial charge in [-0.2, -0.15) is 5.10 Å². The van der Waals surface area contributed by atoms with Crippen LogP contribution in [-0.2, 0) is 14.3 Å². The summed E-state index contributed by atoms with van der Waals surface area (Å²) >= 11 is 12.1. The number of halogens is 2. The van der Waals surface area contributed by atoms with E-state index < -0.39 is 18.0 Å². The molecule has 3 aromatic carbocycles. The fraction of sp³-hybridized carbons (Fsp3) is 0.0870. The molecule has 2 N–H and O–H groups in total. The Labute approximate surface area is 188 Å². The third-order valence-corrected chi connectivity index (χ3v) is 5.42. The topological polar surface area (TPSA) is 84.1 Å². The van der Waals surface area contributed by atoms with Crippen LogP contribution in [-0.4, -0.2) is 22.1 Å². The number of aromatic nitrogens is 2. The van der Waals surface area contributed by atoms with E-state index >= 15 is 0 Å². The molecule has 4 aromatic rings. The number of fused-ring (bicyclic) bond motifs is 1. The number of hydrogen-bond donors (Lipinski definition) is 2. The van der Waals surface area contributed by atoms with Gasteiger partial charge in [0, 0.05) is 17.9 Å². The van der Waals surface area contributed by atoms with Gasteiger partial charge in [0.25, 0.3) is 5.91 Å². The van der Waals surface area contributed by atoms with E-state index in [-0.39, 0.29) is 0 Å². The number of aromatic amines is 1. The van der Waals surface area contributed by atoms with Crippen LogP contribution >= 0.6 is 23.2 Å². The summed E-state index contributed by atoms with van der Waals surface area (Å²) in [4.78, 5) is 24.4. The van der Waals surface area contributed by atoms with Crippen molar-refractivity contribution >= 4 is 51.8 Å². The molecule has 0 radical (unpaired) electrons. The first-order valence-electron chi connectivity index (χ1n) is 9.39. The Kier molecular flexibility index (Phi) is 5.93. The summed E-state index contributed by atoms with van der Waals surface area (Å²) in [5.74, 6) is -0.709. The van der Waals surface area contributed by atoms with Crippen molar-refractivity contribution in [2.45, 2.75) is 13.0 Å². The fourth-order valence-electron chi connectivity index (χ4n) is 3.22. The van der Waals surface area contributed by atoms with Gasteiger partial charge in [-0.1, -0.05) is 65.7 Å². The summed E-state index contributed by atoms with van der Waals surface area (Å²) < 4.78 is 5.24. The molecule has 31 heavy (non-hydrogen) atoms. The molecule has 8 heteroatoms. The zero-order valence-corrected chi connectivity index (χ0v) is 17.9. The largest absolute Gasteiger partial charge is 0.447 e. The first-order chi connectivity index (χ1) is 14.9.